The maximum atomic E-state index is 12.3. The Morgan fingerprint density at radius 3 is 2.77 bits per heavy atom. The number of hydrogen-bond acceptors (Lipinski definition) is 6. The van der Waals surface area contributed by atoms with Gasteiger partial charge in [0.2, 0.25) is 10.0 Å². The number of nitrogens with zero attached hydrogens (tertiary/aromatic N) is 1. The van der Waals surface area contributed by atoms with Gasteiger partial charge in [0, 0.05) is 31.4 Å². The zero-order valence-electron chi connectivity index (χ0n) is 12.7. The minimum absolute atomic E-state index is 0.107. The fourth-order valence-corrected chi connectivity index (χ4v) is 3.54. The van der Waals surface area contributed by atoms with Crippen molar-refractivity contribution < 1.29 is 17.9 Å². The van der Waals surface area contributed by atoms with Gasteiger partial charge >= 0.3 is 0 Å². The maximum Gasteiger partial charge on any atom is 0.244 e. The predicted octanol–water partition coefficient (Wildman–Crippen LogP) is 0.278. The van der Waals surface area contributed by atoms with Crippen LogP contribution in [0.3, 0.4) is 0 Å². The number of hydrogen-bond donors (Lipinski definition) is 2. The summed E-state index contributed by atoms with van der Waals surface area (Å²) in [6, 6.07) is 4.51. The van der Waals surface area contributed by atoms with E-state index in [1.165, 1.54) is 19.2 Å². The van der Waals surface area contributed by atoms with Gasteiger partial charge in [0.15, 0.2) is 0 Å². The van der Waals surface area contributed by atoms with Crippen LogP contribution in [0.15, 0.2) is 23.1 Å². The number of nitrogen functional groups attached to an aromatic ring is 1. The van der Waals surface area contributed by atoms with E-state index in [0.717, 1.165) is 39.3 Å². The molecule has 0 spiro atoms. The van der Waals surface area contributed by atoms with E-state index in [1.807, 2.05) is 0 Å². The lowest BCUT2D eigenvalue weighted by Crippen LogP contribution is -2.38. The third-order valence-corrected chi connectivity index (χ3v) is 5.02. The maximum absolute atomic E-state index is 12.3. The molecule has 1 aromatic carbocycles. The molecule has 0 bridgehead atoms. The molecule has 1 aliphatic rings. The van der Waals surface area contributed by atoms with Crippen LogP contribution in [0.5, 0.6) is 5.75 Å². The third-order valence-electron chi connectivity index (χ3n) is 3.52. The molecular weight excluding hydrogens is 306 g/mol. The molecule has 0 radical (unpaired) electrons. The standard InChI is InChI=1S/C14H23N3O4S/c1-20-13-11-12(15)3-4-14(13)22(18,19)16-5-2-6-17-7-9-21-10-8-17/h3-4,11,16H,2,5-10,15H2,1H3. The predicted molar refractivity (Wildman–Crippen MR) is 84.5 cm³/mol. The van der Waals surface area contributed by atoms with Crippen LogP contribution in [0.4, 0.5) is 5.69 Å². The molecule has 0 atom stereocenters. The van der Waals surface area contributed by atoms with Crippen LogP contribution in [0.25, 0.3) is 0 Å². The molecule has 1 aromatic rings. The smallest absolute Gasteiger partial charge is 0.244 e. The Morgan fingerprint density at radius 1 is 1.36 bits per heavy atom. The summed E-state index contributed by atoms with van der Waals surface area (Å²) >= 11 is 0. The van der Waals surface area contributed by atoms with E-state index in [-0.39, 0.29) is 10.6 Å². The van der Waals surface area contributed by atoms with E-state index < -0.39 is 10.0 Å². The van der Waals surface area contributed by atoms with Crippen LogP contribution in [-0.2, 0) is 14.8 Å². The molecule has 1 saturated heterocycles. The number of rotatable bonds is 7. The average molecular weight is 329 g/mol. The Balaban J connectivity index is 1.88. The highest BCUT2D eigenvalue weighted by atomic mass is 32.2. The summed E-state index contributed by atoms with van der Waals surface area (Å²) < 4.78 is 37.6. The number of nitrogens with one attached hydrogen (secondary N) is 1. The van der Waals surface area contributed by atoms with E-state index in [9.17, 15) is 8.42 Å². The molecule has 8 heteroatoms. The molecule has 22 heavy (non-hydrogen) atoms. The molecule has 1 fully saturated rings. The van der Waals surface area contributed by atoms with Gasteiger partial charge in [-0.05, 0) is 25.1 Å². The molecule has 2 rings (SSSR count). The van der Waals surface area contributed by atoms with E-state index in [2.05, 4.69) is 9.62 Å². The Kier molecular flexibility index (Phi) is 6.01. The van der Waals surface area contributed by atoms with E-state index in [0.29, 0.717) is 12.2 Å². The summed E-state index contributed by atoms with van der Waals surface area (Å²) in [5.74, 6) is 0.251. The van der Waals surface area contributed by atoms with E-state index in [4.69, 9.17) is 15.2 Å². The first-order valence-electron chi connectivity index (χ1n) is 7.26. The van der Waals surface area contributed by atoms with Crippen LogP contribution in [0.1, 0.15) is 6.42 Å². The molecule has 1 heterocycles. The zero-order chi connectivity index (χ0) is 16.0. The van der Waals surface area contributed by atoms with Crippen molar-refractivity contribution in [1.29, 1.82) is 0 Å². The number of sulfonamides is 1. The number of anilines is 1. The Bertz CT molecular complexity index is 586. The van der Waals surface area contributed by atoms with Crippen molar-refractivity contribution >= 4 is 15.7 Å². The van der Waals surface area contributed by atoms with Crippen LogP contribution < -0.4 is 15.2 Å². The molecule has 0 saturated carbocycles. The van der Waals surface area contributed by atoms with Gasteiger partial charge in [0.05, 0.1) is 20.3 Å². The lowest BCUT2D eigenvalue weighted by molar-refractivity contribution is 0.0376. The lowest BCUT2D eigenvalue weighted by Gasteiger charge is -2.26. The highest BCUT2D eigenvalue weighted by molar-refractivity contribution is 7.89. The fourth-order valence-electron chi connectivity index (χ4n) is 2.32. The van der Waals surface area contributed by atoms with Crippen LogP contribution >= 0.6 is 0 Å². The minimum Gasteiger partial charge on any atom is -0.495 e. The lowest BCUT2D eigenvalue weighted by atomic mass is 10.3. The van der Waals surface area contributed by atoms with Crippen LogP contribution in [0, 0.1) is 0 Å². The number of benzene rings is 1. The largest absolute Gasteiger partial charge is 0.495 e. The quantitative estimate of drug-likeness (QED) is 0.551. The van der Waals surface area contributed by atoms with Gasteiger partial charge < -0.3 is 15.2 Å². The van der Waals surface area contributed by atoms with Crippen molar-refractivity contribution in [3.63, 3.8) is 0 Å². The van der Waals surface area contributed by atoms with Crippen molar-refractivity contribution in [3.8, 4) is 5.75 Å². The first-order chi connectivity index (χ1) is 10.5. The molecule has 3 N–H and O–H groups in total. The van der Waals surface area contributed by atoms with Crippen molar-refractivity contribution in [2.45, 2.75) is 11.3 Å². The van der Waals surface area contributed by atoms with Crippen molar-refractivity contribution in [2.75, 3.05) is 52.2 Å². The Hall–Kier alpha value is -1.35. The Morgan fingerprint density at radius 2 is 2.09 bits per heavy atom. The van der Waals surface area contributed by atoms with Gasteiger partial charge in [-0.1, -0.05) is 0 Å². The van der Waals surface area contributed by atoms with Gasteiger partial charge in [0.1, 0.15) is 10.6 Å². The second-order valence-electron chi connectivity index (χ2n) is 5.12. The first kappa shape index (κ1) is 17.0. The highest BCUT2D eigenvalue weighted by Gasteiger charge is 2.19. The molecule has 7 nitrogen and oxygen atoms in total. The average Bonchev–Trinajstić information content (AvgIpc) is 2.52. The second-order valence-corrected chi connectivity index (χ2v) is 6.85. The molecule has 0 unspecified atom stereocenters. The van der Waals surface area contributed by atoms with E-state index in [1.54, 1.807) is 6.07 Å². The van der Waals surface area contributed by atoms with Crippen molar-refractivity contribution in [3.05, 3.63) is 18.2 Å². The molecular formula is C14H23N3O4S. The number of ether oxygens (including phenoxy) is 2. The molecule has 124 valence electrons. The van der Waals surface area contributed by atoms with E-state index >= 15 is 0 Å². The zero-order valence-corrected chi connectivity index (χ0v) is 13.6. The van der Waals surface area contributed by atoms with Gasteiger partial charge in [-0.2, -0.15) is 0 Å². The summed E-state index contributed by atoms with van der Waals surface area (Å²) in [6.45, 7) is 4.53. The van der Waals surface area contributed by atoms with Gasteiger partial charge in [-0.3, -0.25) is 4.90 Å². The normalized spacial score (nSPS) is 16.6. The Labute approximate surface area is 131 Å². The fraction of sp³-hybridized carbons (Fsp3) is 0.571. The number of methoxy groups -OCH3 is 1. The summed E-state index contributed by atoms with van der Waals surface area (Å²) in [4.78, 5) is 2.37. The van der Waals surface area contributed by atoms with Crippen molar-refractivity contribution in [1.82, 2.24) is 9.62 Å². The summed E-state index contributed by atoms with van der Waals surface area (Å²) in [7, 11) is -2.17. The van der Waals surface area contributed by atoms with Gasteiger partial charge in [0.25, 0.3) is 0 Å². The number of morpholine rings is 1. The summed E-state index contributed by atoms with van der Waals surface area (Å²) in [6.07, 6.45) is 0.747. The second kappa shape index (κ2) is 7.77. The van der Waals surface area contributed by atoms with Crippen molar-refractivity contribution in [2.24, 2.45) is 0 Å². The third kappa shape index (κ3) is 4.57. The molecule has 0 aromatic heterocycles. The highest BCUT2D eigenvalue weighted by Crippen LogP contribution is 2.25. The van der Waals surface area contributed by atoms with Gasteiger partial charge in [-0.25, -0.2) is 13.1 Å². The monoisotopic (exact) mass is 329 g/mol. The molecule has 1 aliphatic heterocycles. The SMILES string of the molecule is COc1cc(N)ccc1S(=O)(=O)NCCCN1CCOCC1. The van der Waals surface area contributed by atoms with Crippen LogP contribution in [0.2, 0.25) is 0 Å². The number of nitrogens with two attached hydrogens (primary N) is 1. The molecule has 0 amide bonds. The topological polar surface area (TPSA) is 93.9 Å². The summed E-state index contributed by atoms with van der Waals surface area (Å²) in [5.41, 5.74) is 6.10. The van der Waals surface area contributed by atoms with Gasteiger partial charge in [-0.15, -0.1) is 0 Å². The first-order valence-corrected chi connectivity index (χ1v) is 8.74. The molecule has 0 aliphatic carbocycles. The minimum atomic E-state index is -3.60. The van der Waals surface area contributed by atoms with Crippen LogP contribution in [-0.4, -0.2) is 59.8 Å². The summed E-state index contributed by atoms with van der Waals surface area (Å²) in [5, 5.41) is 0.